The average Bonchev–Trinajstić information content (AvgIpc) is 3.22. The van der Waals surface area contributed by atoms with E-state index in [1.165, 1.54) is 5.56 Å². The van der Waals surface area contributed by atoms with Crippen molar-refractivity contribution in [2.75, 3.05) is 19.8 Å². The lowest BCUT2D eigenvalue weighted by atomic mass is 9.80. The van der Waals surface area contributed by atoms with Crippen LogP contribution in [-0.4, -0.2) is 36.6 Å². The van der Waals surface area contributed by atoms with Crippen LogP contribution in [0, 0.1) is 11.8 Å². The van der Waals surface area contributed by atoms with Gasteiger partial charge < -0.3 is 14.6 Å². The van der Waals surface area contributed by atoms with Crippen LogP contribution in [-0.2, 0) is 9.47 Å². The van der Waals surface area contributed by atoms with E-state index in [1.807, 2.05) is 0 Å². The molecule has 0 bridgehead atoms. The van der Waals surface area contributed by atoms with E-state index in [0.717, 1.165) is 38.9 Å². The number of hydrogen-bond acceptors (Lipinski definition) is 3. The van der Waals surface area contributed by atoms with Crippen molar-refractivity contribution < 1.29 is 14.6 Å². The average molecular weight is 288 g/mol. The second kappa shape index (κ2) is 5.38. The predicted molar refractivity (Wildman–Crippen MR) is 80.1 cm³/mol. The lowest BCUT2D eigenvalue weighted by Gasteiger charge is -2.39. The van der Waals surface area contributed by atoms with Gasteiger partial charge >= 0.3 is 0 Å². The van der Waals surface area contributed by atoms with Gasteiger partial charge in [-0.1, -0.05) is 30.3 Å². The number of ether oxygens (including phenoxy) is 2. The third-order valence-corrected chi connectivity index (χ3v) is 5.59. The summed E-state index contributed by atoms with van der Waals surface area (Å²) in [5, 5.41) is 10.8. The zero-order chi connectivity index (χ0) is 14.3. The van der Waals surface area contributed by atoms with Gasteiger partial charge in [0, 0.05) is 19.6 Å². The fourth-order valence-corrected chi connectivity index (χ4v) is 4.25. The zero-order valence-electron chi connectivity index (χ0n) is 12.4. The molecule has 4 rings (SSSR count). The Balaban J connectivity index is 1.40. The third kappa shape index (κ3) is 2.63. The van der Waals surface area contributed by atoms with Crippen LogP contribution in [0.1, 0.15) is 37.2 Å². The Morgan fingerprint density at radius 2 is 2.05 bits per heavy atom. The summed E-state index contributed by atoms with van der Waals surface area (Å²) in [6, 6.07) is 10.6. The van der Waals surface area contributed by atoms with Gasteiger partial charge in [0.15, 0.2) is 0 Å². The molecule has 0 amide bonds. The molecule has 2 saturated heterocycles. The fraction of sp³-hybridized carbons (Fsp3) is 0.667. The molecule has 1 aliphatic carbocycles. The number of aliphatic hydroxyl groups is 1. The monoisotopic (exact) mass is 288 g/mol. The first kappa shape index (κ1) is 13.7. The van der Waals surface area contributed by atoms with E-state index in [-0.39, 0.29) is 11.7 Å². The molecule has 1 aromatic carbocycles. The molecule has 114 valence electrons. The Kier molecular flexibility index (Phi) is 3.52. The molecule has 0 radical (unpaired) electrons. The molecule has 3 heteroatoms. The Bertz CT molecular complexity index is 480. The molecule has 2 heterocycles. The van der Waals surface area contributed by atoms with E-state index in [1.54, 1.807) is 0 Å². The van der Waals surface area contributed by atoms with E-state index >= 15 is 0 Å². The van der Waals surface area contributed by atoms with Gasteiger partial charge in [-0.25, -0.2) is 0 Å². The van der Waals surface area contributed by atoms with Crippen molar-refractivity contribution in [2.45, 2.75) is 43.3 Å². The maximum absolute atomic E-state index is 10.8. The van der Waals surface area contributed by atoms with Crippen molar-refractivity contribution in [1.29, 1.82) is 0 Å². The van der Waals surface area contributed by atoms with Crippen LogP contribution >= 0.6 is 0 Å². The summed E-state index contributed by atoms with van der Waals surface area (Å²) in [5.41, 5.74) is 1.29. The molecular weight excluding hydrogens is 264 g/mol. The van der Waals surface area contributed by atoms with Gasteiger partial charge in [0.05, 0.1) is 18.3 Å². The van der Waals surface area contributed by atoms with Gasteiger partial charge in [0.25, 0.3) is 0 Å². The topological polar surface area (TPSA) is 38.7 Å². The SMILES string of the molecule is OC(C1CCOC2(CCOC2)C1)C1CC1c1ccccc1. The molecule has 1 N–H and O–H groups in total. The van der Waals surface area contributed by atoms with Gasteiger partial charge in [-0.2, -0.15) is 0 Å². The van der Waals surface area contributed by atoms with Crippen molar-refractivity contribution >= 4 is 0 Å². The molecule has 5 unspecified atom stereocenters. The molecule has 21 heavy (non-hydrogen) atoms. The molecule has 1 aromatic rings. The normalized spacial score (nSPS) is 40.3. The van der Waals surface area contributed by atoms with E-state index in [2.05, 4.69) is 30.3 Å². The number of aliphatic hydroxyl groups excluding tert-OH is 1. The summed E-state index contributed by atoms with van der Waals surface area (Å²) in [5.74, 6) is 1.37. The van der Waals surface area contributed by atoms with E-state index in [0.29, 0.717) is 24.4 Å². The highest BCUT2D eigenvalue weighted by Gasteiger charge is 2.49. The summed E-state index contributed by atoms with van der Waals surface area (Å²) in [4.78, 5) is 0. The second-order valence-corrected chi connectivity index (χ2v) is 6.99. The molecule has 3 fully saturated rings. The predicted octanol–water partition coefficient (Wildman–Crippen LogP) is 2.74. The van der Waals surface area contributed by atoms with Crippen LogP contribution in [0.5, 0.6) is 0 Å². The second-order valence-electron chi connectivity index (χ2n) is 6.99. The largest absolute Gasteiger partial charge is 0.393 e. The Labute approximate surface area is 126 Å². The van der Waals surface area contributed by atoms with Crippen LogP contribution < -0.4 is 0 Å². The molecular formula is C18H24O3. The maximum atomic E-state index is 10.8. The highest BCUT2D eigenvalue weighted by molar-refractivity contribution is 5.26. The third-order valence-electron chi connectivity index (χ3n) is 5.59. The van der Waals surface area contributed by atoms with Gasteiger partial charge in [0.2, 0.25) is 0 Å². The minimum atomic E-state index is -0.184. The summed E-state index contributed by atoms with van der Waals surface area (Å²) >= 11 is 0. The maximum Gasteiger partial charge on any atom is 0.0940 e. The summed E-state index contributed by atoms with van der Waals surface area (Å²) in [6.45, 7) is 2.29. The van der Waals surface area contributed by atoms with Crippen molar-refractivity contribution in [3.05, 3.63) is 35.9 Å². The Morgan fingerprint density at radius 1 is 1.19 bits per heavy atom. The van der Waals surface area contributed by atoms with Gasteiger partial charge in [-0.05, 0) is 42.6 Å². The lowest BCUT2D eigenvalue weighted by molar-refractivity contribution is -0.119. The van der Waals surface area contributed by atoms with Crippen LogP contribution in [0.3, 0.4) is 0 Å². The molecule has 1 saturated carbocycles. The van der Waals surface area contributed by atoms with Crippen molar-refractivity contribution in [3.8, 4) is 0 Å². The summed E-state index contributed by atoms with van der Waals surface area (Å²) in [6.07, 6.45) is 3.89. The molecule has 2 aliphatic heterocycles. The van der Waals surface area contributed by atoms with Crippen LogP contribution in [0.15, 0.2) is 30.3 Å². The highest BCUT2D eigenvalue weighted by Crippen LogP contribution is 2.52. The lowest BCUT2D eigenvalue weighted by Crippen LogP contribution is -2.44. The zero-order valence-corrected chi connectivity index (χ0v) is 12.4. The standard InChI is InChI=1S/C18H24O3/c19-17(16-10-15(16)13-4-2-1-3-5-13)14-6-8-21-18(11-14)7-9-20-12-18/h1-5,14-17,19H,6-12H2. The number of rotatable bonds is 3. The van der Waals surface area contributed by atoms with Crippen molar-refractivity contribution in [2.24, 2.45) is 11.8 Å². The van der Waals surface area contributed by atoms with Gasteiger partial charge in [-0.3, -0.25) is 0 Å². The minimum Gasteiger partial charge on any atom is -0.393 e. The molecule has 3 nitrogen and oxygen atoms in total. The minimum absolute atomic E-state index is 0.0962. The summed E-state index contributed by atoms with van der Waals surface area (Å²) < 4.78 is 11.5. The van der Waals surface area contributed by atoms with Crippen LogP contribution in [0.2, 0.25) is 0 Å². The Morgan fingerprint density at radius 3 is 2.81 bits per heavy atom. The number of hydrogen-bond donors (Lipinski definition) is 1. The first-order valence-corrected chi connectivity index (χ1v) is 8.22. The number of benzene rings is 1. The molecule has 3 aliphatic rings. The first-order valence-electron chi connectivity index (χ1n) is 8.22. The van der Waals surface area contributed by atoms with E-state index in [9.17, 15) is 5.11 Å². The van der Waals surface area contributed by atoms with Gasteiger partial charge in [0.1, 0.15) is 0 Å². The van der Waals surface area contributed by atoms with E-state index in [4.69, 9.17) is 9.47 Å². The first-order chi connectivity index (χ1) is 10.3. The quantitative estimate of drug-likeness (QED) is 0.929. The van der Waals surface area contributed by atoms with Crippen LogP contribution in [0.4, 0.5) is 0 Å². The van der Waals surface area contributed by atoms with Gasteiger partial charge in [-0.15, -0.1) is 0 Å². The van der Waals surface area contributed by atoms with E-state index < -0.39 is 0 Å². The van der Waals surface area contributed by atoms with Crippen molar-refractivity contribution in [1.82, 2.24) is 0 Å². The fourth-order valence-electron chi connectivity index (χ4n) is 4.25. The van der Waals surface area contributed by atoms with Crippen molar-refractivity contribution in [3.63, 3.8) is 0 Å². The Hall–Kier alpha value is -0.900. The smallest absolute Gasteiger partial charge is 0.0940 e. The molecule has 1 spiro atoms. The molecule has 5 atom stereocenters. The molecule has 0 aromatic heterocycles. The van der Waals surface area contributed by atoms with Crippen LogP contribution in [0.25, 0.3) is 0 Å². The summed E-state index contributed by atoms with van der Waals surface area (Å²) in [7, 11) is 0. The highest BCUT2D eigenvalue weighted by atomic mass is 16.6.